The largest absolute Gasteiger partial charge is 0.456 e. The van der Waals surface area contributed by atoms with Gasteiger partial charge in [0.1, 0.15) is 0 Å². The molecule has 0 saturated heterocycles. The van der Waals surface area contributed by atoms with Gasteiger partial charge in [0.05, 0.1) is 22.2 Å². The van der Waals surface area contributed by atoms with Gasteiger partial charge < -0.3 is 10.1 Å². The van der Waals surface area contributed by atoms with Crippen LogP contribution in [0, 0.1) is 0 Å². The van der Waals surface area contributed by atoms with Gasteiger partial charge in [0.15, 0.2) is 6.61 Å². The number of thioether (sulfide) groups is 1. The molecule has 27 heavy (non-hydrogen) atoms. The number of nitrogens with one attached hydrogen (secondary N) is 2. The lowest BCUT2D eigenvalue weighted by Crippen LogP contribution is -2.35. The number of hydrogen-bond donors (Lipinski definition) is 2. The van der Waals surface area contributed by atoms with E-state index in [-0.39, 0.29) is 12.3 Å². The number of halogens is 1. The highest BCUT2D eigenvalue weighted by atomic mass is 35.5. The number of rotatable bonds is 5. The smallest absolute Gasteiger partial charge is 0.307 e. The normalized spacial score (nSPS) is 15.4. The molecule has 7 nitrogen and oxygen atoms in total. The molecule has 0 fully saturated rings. The number of fused-ring (bicyclic) bond motifs is 1. The van der Waals surface area contributed by atoms with Gasteiger partial charge in [0, 0.05) is 9.92 Å². The van der Waals surface area contributed by atoms with E-state index in [4.69, 9.17) is 16.3 Å². The third-order valence-electron chi connectivity index (χ3n) is 3.48. The van der Waals surface area contributed by atoms with Crippen LogP contribution in [0.1, 0.15) is 16.1 Å². The summed E-state index contributed by atoms with van der Waals surface area (Å²) in [6, 6.07) is 8.33. The number of anilines is 1. The minimum atomic E-state index is -0.734. The first-order valence-electron chi connectivity index (χ1n) is 7.73. The van der Waals surface area contributed by atoms with Gasteiger partial charge in [-0.15, -0.1) is 23.1 Å². The molecule has 1 aromatic carbocycles. The average Bonchev–Trinajstić information content (AvgIpc) is 3.15. The minimum Gasteiger partial charge on any atom is -0.456 e. The van der Waals surface area contributed by atoms with Crippen molar-refractivity contribution in [2.24, 2.45) is 0 Å². The predicted molar refractivity (Wildman–Crippen MR) is 102 cm³/mol. The van der Waals surface area contributed by atoms with Gasteiger partial charge in [-0.1, -0.05) is 17.7 Å². The van der Waals surface area contributed by atoms with Crippen molar-refractivity contribution in [1.82, 2.24) is 5.32 Å². The molecule has 3 amide bonds. The lowest BCUT2D eigenvalue weighted by molar-refractivity contribution is -0.148. The van der Waals surface area contributed by atoms with Crippen molar-refractivity contribution in [3.63, 3.8) is 0 Å². The number of thiophene rings is 1. The molecule has 140 valence electrons. The summed E-state index contributed by atoms with van der Waals surface area (Å²) < 4.78 is 4.87. The Balaban J connectivity index is 1.48. The summed E-state index contributed by atoms with van der Waals surface area (Å²) >= 11 is 8.30. The summed E-state index contributed by atoms with van der Waals surface area (Å²) in [6.45, 7) is -0.596. The Labute approximate surface area is 167 Å². The van der Waals surface area contributed by atoms with Crippen LogP contribution in [0.25, 0.3) is 0 Å². The molecule has 2 N–H and O–H groups in total. The van der Waals surface area contributed by atoms with Crippen LogP contribution in [0.5, 0.6) is 0 Å². The number of benzene rings is 1. The molecule has 0 bridgehead atoms. The van der Waals surface area contributed by atoms with Crippen LogP contribution in [-0.2, 0) is 19.1 Å². The molecule has 1 unspecified atom stereocenters. The van der Waals surface area contributed by atoms with Crippen molar-refractivity contribution >= 4 is 64.1 Å². The number of esters is 1. The Morgan fingerprint density at radius 1 is 1.26 bits per heavy atom. The van der Waals surface area contributed by atoms with E-state index in [1.54, 1.807) is 35.7 Å². The van der Waals surface area contributed by atoms with E-state index in [1.165, 1.54) is 23.1 Å². The van der Waals surface area contributed by atoms with Crippen molar-refractivity contribution in [3.8, 4) is 0 Å². The van der Waals surface area contributed by atoms with E-state index in [1.807, 2.05) is 0 Å². The maximum absolute atomic E-state index is 12.1. The molecule has 1 aliphatic heterocycles. The first-order valence-corrected chi connectivity index (χ1v) is 9.86. The number of imide groups is 1. The van der Waals surface area contributed by atoms with Gasteiger partial charge in [-0.3, -0.25) is 24.5 Å². The third kappa shape index (κ3) is 5.09. The Morgan fingerprint density at radius 3 is 2.81 bits per heavy atom. The average molecular weight is 425 g/mol. The molecule has 0 spiro atoms. The fourth-order valence-corrected chi connectivity index (χ4v) is 4.11. The maximum atomic E-state index is 12.1. The minimum absolute atomic E-state index is 0.204. The first-order chi connectivity index (χ1) is 12.9. The maximum Gasteiger partial charge on any atom is 0.307 e. The fourth-order valence-electron chi connectivity index (χ4n) is 2.25. The zero-order chi connectivity index (χ0) is 19.4. The van der Waals surface area contributed by atoms with Crippen molar-refractivity contribution in [2.45, 2.75) is 16.6 Å². The standard InChI is InChI=1S/C17H13ClN2O5S2/c18-9-3-4-11-10(6-9)19-17(24)13(27-11)7-15(22)25-8-14(21)20-16(23)12-2-1-5-26-12/h1-6,13H,7-8H2,(H,19,24)(H,20,21,23). The van der Waals surface area contributed by atoms with Gasteiger partial charge in [0.25, 0.3) is 11.8 Å². The lowest BCUT2D eigenvalue weighted by atomic mass is 10.2. The molecule has 0 aliphatic carbocycles. The van der Waals surface area contributed by atoms with Crippen molar-refractivity contribution in [1.29, 1.82) is 0 Å². The molecule has 1 aromatic heterocycles. The van der Waals surface area contributed by atoms with Crippen molar-refractivity contribution in [2.75, 3.05) is 11.9 Å². The summed E-state index contributed by atoms with van der Waals surface area (Å²) in [5.41, 5.74) is 0.591. The topological polar surface area (TPSA) is 102 Å². The Hall–Kier alpha value is -2.36. The number of amides is 3. The Morgan fingerprint density at radius 2 is 2.07 bits per heavy atom. The summed E-state index contributed by atoms with van der Waals surface area (Å²) in [6.07, 6.45) is -0.204. The summed E-state index contributed by atoms with van der Waals surface area (Å²) in [7, 11) is 0. The van der Waals surface area contributed by atoms with Gasteiger partial charge in [-0.05, 0) is 29.6 Å². The van der Waals surface area contributed by atoms with Crippen LogP contribution < -0.4 is 10.6 Å². The van der Waals surface area contributed by atoms with Gasteiger partial charge in [-0.2, -0.15) is 0 Å². The molecule has 2 heterocycles. The monoisotopic (exact) mass is 424 g/mol. The van der Waals surface area contributed by atoms with Crippen LogP contribution in [0.15, 0.2) is 40.6 Å². The number of carbonyl (C=O) groups excluding carboxylic acids is 4. The van der Waals surface area contributed by atoms with Gasteiger partial charge in [0.2, 0.25) is 5.91 Å². The quantitative estimate of drug-likeness (QED) is 0.715. The molecule has 0 radical (unpaired) electrons. The van der Waals surface area contributed by atoms with Crippen LogP contribution in [0.3, 0.4) is 0 Å². The van der Waals surface area contributed by atoms with E-state index in [0.29, 0.717) is 15.6 Å². The van der Waals surface area contributed by atoms with E-state index < -0.39 is 29.6 Å². The molecule has 3 rings (SSSR count). The molecular weight excluding hydrogens is 412 g/mol. The predicted octanol–water partition coefficient (Wildman–Crippen LogP) is 2.70. The van der Waals surface area contributed by atoms with Crippen LogP contribution in [0.4, 0.5) is 5.69 Å². The second-order valence-corrected chi connectivity index (χ2v) is 8.08. The molecule has 1 atom stereocenters. The highest BCUT2D eigenvalue weighted by Gasteiger charge is 2.30. The molecular formula is C17H13ClN2O5S2. The highest BCUT2D eigenvalue weighted by molar-refractivity contribution is 8.01. The second-order valence-electron chi connectivity index (χ2n) is 5.46. The van der Waals surface area contributed by atoms with E-state index in [0.717, 1.165) is 4.90 Å². The van der Waals surface area contributed by atoms with E-state index >= 15 is 0 Å². The molecule has 1 aliphatic rings. The van der Waals surface area contributed by atoms with E-state index in [9.17, 15) is 19.2 Å². The van der Waals surface area contributed by atoms with Gasteiger partial charge in [-0.25, -0.2) is 0 Å². The zero-order valence-electron chi connectivity index (χ0n) is 13.7. The number of ether oxygens (including phenoxy) is 1. The lowest BCUT2D eigenvalue weighted by Gasteiger charge is -2.23. The van der Waals surface area contributed by atoms with Crippen molar-refractivity contribution < 1.29 is 23.9 Å². The van der Waals surface area contributed by atoms with E-state index in [2.05, 4.69) is 10.6 Å². The Kier molecular flexibility index (Phi) is 6.15. The molecule has 0 saturated carbocycles. The molecule has 2 aromatic rings. The highest BCUT2D eigenvalue weighted by Crippen LogP contribution is 2.38. The number of hydrogen-bond acceptors (Lipinski definition) is 7. The number of carbonyl (C=O) groups is 4. The SMILES string of the molecule is O=C(COC(=O)CC1Sc2ccc(Cl)cc2NC1=O)NC(=O)c1cccs1. The molecule has 10 heteroatoms. The summed E-state index contributed by atoms with van der Waals surface area (Å²) in [4.78, 5) is 48.7. The first kappa shape index (κ1) is 19.4. The van der Waals surface area contributed by atoms with Gasteiger partial charge >= 0.3 is 5.97 Å². The van der Waals surface area contributed by atoms with Crippen molar-refractivity contribution in [3.05, 3.63) is 45.6 Å². The van der Waals surface area contributed by atoms with Crippen LogP contribution in [-0.4, -0.2) is 35.5 Å². The summed E-state index contributed by atoms with van der Waals surface area (Å²) in [5.74, 6) is -2.34. The van der Waals surface area contributed by atoms with Crippen LogP contribution in [0.2, 0.25) is 5.02 Å². The van der Waals surface area contributed by atoms with Crippen LogP contribution >= 0.6 is 34.7 Å². The zero-order valence-corrected chi connectivity index (χ0v) is 16.1. The third-order valence-corrected chi connectivity index (χ3v) is 5.85. The fraction of sp³-hybridized carbons (Fsp3) is 0.176. The Bertz CT molecular complexity index is 901. The second kappa shape index (κ2) is 8.55. The summed E-state index contributed by atoms with van der Waals surface area (Å²) in [5, 5.41) is 6.34.